The summed E-state index contributed by atoms with van der Waals surface area (Å²) in [7, 11) is 5.70. The fourth-order valence-electron chi connectivity index (χ4n) is 3.61. The lowest BCUT2D eigenvalue weighted by molar-refractivity contribution is -0.142. The van der Waals surface area contributed by atoms with Gasteiger partial charge in [0.25, 0.3) is 0 Å². The number of aldehydes is 1. The van der Waals surface area contributed by atoms with Gasteiger partial charge >= 0.3 is 0 Å². The second kappa shape index (κ2) is 8.25. The zero-order valence-corrected chi connectivity index (χ0v) is 15.6. The lowest BCUT2D eigenvalue weighted by atomic mass is 9.86. The molecule has 2 radical (unpaired) electrons. The highest BCUT2D eigenvalue weighted by atomic mass is 16.5. The zero-order valence-electron chi connectivity index (χ0n) is 15.6. The van der Waals surface area contributed by atoms with Crippen molar-refractivity contribution in [2.75, 3.05) is 19.6 Å². The first-order valence-electron chi connectivity index (χ1n) is 9.53. The smallest absolute Gasteiger partial charge is 0.239 e. The van der Waals surface area contributed by atoms with Crippen LogP contribution >= 0.6 is 0 Å². The molecule has 0 bridgehead atoms. The fraction of sp³-hybridized carbons (Fsp3) is 0.600. The first-order valence-corrected chi connectivity index (χ1v) is 9.53. The molecule has 26 heavy (non-hydrogen) atoms. The second-order valence-electron chi connectivity index (χ2n) is 7.51. The van der Waals surface area contributed by atoms with Gasteiger partial charge < -0.3 is 15.0 Å². The quantitative estimate of drug-likeness (QED) is 0.602. The van der Waals surface area contributed by atoms with Gasteiger partial charge in [-0.1, -0.05) is 32.7 Å². The van der Waals surface area contributed by atoms with E-state index < -0.39 is 0 Å². The molecule has 138 valence electrons. The predicted molar refractivity (Wildman–Crippen MR) is 102 cm³/mol. The van der Waals surface area contributed by atoms with Gasteiger partial charge in [0.15, 0.2) is 6.29 Å². The molecule has 2 aliphatic heterocycles. The van der Waals surface area contributed by atoms with E-state index in [0.717, 1.165) is 31.2 Å². The number of benzene rings is 1. The lowest BCUT2D eigenvalue weighted by Crippen LogP contribution is -2.59. The third-order valence-corrected chi connectivity index (χ3v) is 5.63. The Hall–Kier alpha value is -1.82. The third kappa shape index (κ3) is 3.95. The van der Waals surface area contributed by atoms with Crippen molar-refractivity contribution in [3.05, 3.63) is 29.3 Å². The van der Waals surface area contributed by atoms with Gasteiger partial charge in [0, 0.05) is 0 Å². The Balaban J connectivity index is 1.54. The van der Waals surface area contributed by atoms with Crippen molar-refractivity contribution in [1.29, 1.82) is 0 Å². The topological polar surface area (TPSA) is 58.6 Å². The van der Waals surface area contributed by atoms with E-state index in [1.807, 2.05) is 30.0 Å². The molecular formula is C20H27BN2O3. The molecule has 0 aliphatic carbocycles. The van der Waals surface area contributed by atoms with Crippen molar-refractivity contribution >= 4 is 20.0 Å². The summed E-state index contributed by atoms with van der Waals surface area (Å²) in [4.78, 5) is 25.7. The molecule has 0 saturated carbocycles. The molecule has 6 heteroatoms. The highest BCUT2D eigenvalue weighted by Gasteiger charge is 2.38. The molecule has 1 N–H and O–H groups in total. The molecule has 5 nitrogen and oxygen atoms in total. The van der Waals surface area contributed by atoms with Crippen LogP contribution in [0.15, 0.2) is 18.2 Å². The summed E-state index contributed by atoms with van der Waals surface area (Å²) >= 11 is 0. The van der Waals surface area contributed by atoms with E-state index >= 15 is 0 Å². The Morgan fingerprint density at radius 1 is 1.46 bits per heavy atom. The maximum absolute atomic E-state index is 12.5. The summed E-state index contributed by atoms with van der Waals surface area (Å²) in [5.41, 5.74) is 1.57. The molecule has 0 aromatic heterocycles. The number of likely N-dealkylation sites (tertiary alicyclic amines) is 1. The Morgan fingerprint density at radius 2 is 2.23 bits per heavy atom. The minimum atomic E-state index is -0.0567. The highest BCUT2D eigenvalue weighted by molar-refractivity contribution is 6.09. The molecule has 2 unspecified atom stereocenters. The molecule has 2 heterocycles. The van der Waals surface area contributed by atoms with Crippen molar-refractivity contribution in [3.63, 3.8) is 0 Å². The molecule has 3 rings (SSSR count). The Morgan fingerprint density at radius 3 is 2.85 bits per heavy atom. The number of nitrogens with one attached hydrogen (secondary N) is 1. The van der Waals surface area contributed by atoms with Gasteiger partial charge in [0.05, 0.1) is 32.5 Å². The van der Waals surface area contributed by atoms with E-state index in [1.165, 1.54) is 0 Å². The van der Waals surface area contributed by atoms with Gasteiger partial charge in [-0.3, -0.25) is 9.59 Å². The van der Waals surface area contributed by atoms with Gasteiger partial charge in [-0.15, -0.1) is 0 Å². The lowest BCUT2D eigenvalue weighted by Gasteiger charge is -2.40. The van der Waals surface area contributed by atoms with E-state index in [0.29, 0.717) is 36.6 Å². The predicted octanol–water partition coefficient (Wildman–Crippen LogP) is 2.17. The number of hydrogen-bond acceptors (Lipinski definition) is 4. The van der Waals surface area contributed by atoms with Crippen LogP contribution in [-0.2, 0) is 4.79 Å². The van der Waals surface area contributed by atoms with Crippen LogP contribution in [-0.4, -0.2) is 56.7 Å². The van der Waals surface area contributed by atoms with Crippen molar-refractivity contribution in [1.82, 2.24) is 10.2 Å². The van der Waals surface area contributed by atoms with Crippen LogP contribution in [0.25, 0.3) is 0 Å². The fourth-order valence-corrected chi connectivity index (χ4v) is 3.61. The second-order valence-corrected chi connectivity index (χ2v) is 7.51. The summed E-state index contributed by atoms with van der Waals surface area (Å²) < 4.78 is 5.95. The monoisotopic (exact) mass is 354 g/mol. The molecule has 0 spiro atoms. The third-order valence-electron chi connectivity index (χ3n) is 5.63. The SMILES string of the molecule is [B]C[C@H](C)c1ccc(OC2CN(C(=O)C3CC(CC)CN3)C2)c(C=O)c1. The molecule has 2 fully saturated rings. The van der Waals surface area contributed by atoms with Crippen molar-refractivity contribution in [2.45, 2.75) is 51.1 Å². The average Bonchev–Trinajstić information content (AvgIpc) is 3.12. The van der Waals surface area contributed by atoms with Gasteiger partial charge in [0.1, 0.15) is 11.9 Å². The van der Waals surface area contributed by atoms with E-state index in [2.05, 4.69) is 12.2 Å². The average molecular weight is 354 g/mol. The normalized spacial score (nSPS) is 24.2. The van der Waals surface area contributed by atoms with Gasteiger partial charge in [-0.2, -0.15) is 0 Å². The van der Waals surface area contributed by atoms with Crippen LogP contribution in [0, 0.1) is 5.92 Å². The first kappa shape index (κ1) is 19.0. The van der Waals surface area contributed by atoms with Crippen LogP contribution in [0.1, 0.15) is 48.5 Å². The van der Waals surface area contributed by atoms with E-state index in [9.17, 15) is 9.59 Å². The summed E-state index contributed by atoms with van der Waals surface area (Å²) in [5, 5.41) is 3.32. The van der Waals surface area contributed by atoms with Crippen molar-refractivity contribution in [3.8, 4) is 5.75 Å². The van der Waals surface area contributed by atoms with E-state index in [4.69, 9.17) is 12.6 Å². The van der Waals surface area contributed by atoms with Gasteiger partial charge in [-0.05, 0) is 42.5 Å². The molecule has 1 aromatic carbocycles. The highest BCUT2D eigenvalue weighted by Crippen LogP contribution is 2.28. The standard InChI is InChI=1S/C20H27BN2O3/c1-3-14-6-18(22-9-14)20(25)23-10-17(11-23)26-19-5-4-15(13(2)8-21)7-16(19)12-24/h4-5,7,12-14,17-18,22H,3,6,8-11H2,1-2H3/t13-,14?,18?/m0/s1. The number of carbonyl (C=O) groups excluding carboxylic acids is 2. The number of rotatable bonds is 7. The summed E-state index contributed by atoms with van der Waals surface area (Å²) in [6.07, 6.45) is 3.32. The van der Waals surface area contributed by atoms with Crippen LogP contribution < -0.4 is 10.1 Å². The van der Waals surface area contributed by atoms with Crippen molar-refractivity contribution < 1.29 is 14.3 Å². The first-order chi connectivity index (χ1) is 12.5. The number of amides is 1. The Kier molecular flexibility index (Phi) is 6.02. The van der Waals surface area contributed by atoms with Gasteiger partial charge in [-0.25, -0.2) is 0 Å². The number of hydrogen-bond donors (Lipinski definition) is 1. The van der Waals surface area contributed by atoms with Gasteiger partial charge in [0.2, 0.25) is 5.91 Å². The Labute approximate surface area is 156 Å². The molecular weight excluding hydrogens is 327 g/mol. The molecule has 2 aliphatic rings. The van der Waals surface area contributed by atoms with E-state index in [-0.39, 0.29) is 24.0 Å². The number of ether oxygens (including phenoxy) is 1. The van der Waals surface area contributed by atoms with E-state index in [1.54, 1.807) is 0 Å². The van der Waals surface area contributed by atoms with Crippen LogP contribution in [0.2, 0.25) is 6.32 Å². The summed E-state index contributed by atoms with van der Waals surface area (Å²) in [6, 6.07) is 5.58. The number of carbonyl (C=O) groups is 2. The van der Waals surface area contributed by atoms with Crippen molar-refractivity contribution in [2.24, 2.45) is 5.92 Å². The summed E-state index contributed by atoms with van der Waals surface area (Å²) in [6.45, 7) is 6.27. The van der Waals surface area contributed by atoms with Crippen LogP contribution in [0.3, 0.4) is 0 Å². The minimum absolute atomic E-state index is 0.0523. The molecule has 3 atom stereocenters. The summed E-state index contributed by atoms with van der Waals surface area (Å²) in [5.74, 6) is 1.55. The largest absolute Gasteiger partial charge is 0.486 e. The zero-order chi connectivity index (χ0) is 18.7. The molecule has 1 amide bonds. The minimum Gasteiger partial charge on any atom is -0.486 e. The van der Waals surface area contributed by atoms with Crippen LogP contribution in [0.4, 0.5) is 0 Å². The molecule has 1 aromatic rings. The maximum Gasteiger partial charge on any atom is 0.239 e. The number of nitrogens with zero attached hydrogens (tertiary/aromatic N) is 1. The molecule has 2 saturated heterocycles. The maximum atomic E-state index is 12.5. The van der Waals surface area contributed by atoms with Crippen LogP contribution in [0.5, 0.6) is 5.75 Å². The Bertz CT molecular complexity index is 660.